The maximum absolute atomic E-state index is 13.1. The monoisotopic (exact) mass is 507 g/mol. The molecule has 0 unspecified atom stereocenters. The molecule has 0 spiro atoms. The van der Waals surface area contributed by atoms with Gasteiger partial charge in [0.25, 0.3) is 0 Å². The minimum absolute atomic E-state index is 0.120. The minimum Gasteiger partial charge on any atom is -0.444 e. The topological polar surface area (TPSA) is 127 Å². The number of nitrogens with zero attached hydrogens (tertiary/aromatic N) is 3. The molecular formula is C27H33N5O5. The molecule has 3 heterocycles. The molecule has 10 heteroatoms. The molecule has 196 valence electrons. The zero-order valence-corrected chi connectivity index (χ0v) is 21.7. The number of fused-ring (bicyclic) bond motifs is 1. The van der Waals surface area contributed by atoms with Crippen molar-refractivity contribution in [2.45, 2.75) is 65.0 Å². The number of hydrogen-bond acceptors (Lipinski definition) is 8. The third kappa shape index (κ3) is 6.44. The van der Waals surface area contributed by atoms with Crippen LogP contribution < -0.4 is 21.2 Å². The number of ether oxygens (including phenoxy) is 1. The predicted molar refractivity (Wildman–Crippen MR) is 141 cm³/mol. The Hall–Kier alpha value is -3.95. The number of aromatic nitrogens is 2. The van der Waals surface area contributed by atoms with E-state index in [0.717, 1.165) is 18.5 Å². The van der Waals surface area contributed by atoms with Crippen molar-refractivity contribution in [1.29, 1.82) is 0 Å². The average Bonchev–Trinajstić information content (AvgIpc) is 2.85. The highest BCUT2D eigenvalue weighted by Crippen LogP contribution is 2.27. The number of carbonyl (C=O) groups excluding carboxylic acids is 2. The summed E-state index contributed by atoms with van der Waals surface area (Å²) in [6.07, 6.45) is 4.13. The third-order valence-electron chi connectivity index (χ3n) is 6.14. The van der Waals surface area contributed by atoms with Crippen molar-refractivity contribution < 1.29 is 18.7 Å². The predicted octanol–water partition coefficient (Wildman–Crippen LogP) is 3.96. The van der Waals surface area contributed by atoms with Gasteiger partial charge in [-0.15, -0.1) is 0 Å². The molecule has 0 bridgehead atoms. The fourth-order valence-corrected chi connectivity index (χ4v) is 4.39. The summed E-state index contributed by atoms with van der Waals surface area (Å²) < 4.78 is 10.9. The summed E-state index contributed by atoms with van der Waals surface area (Å²) in [5.74, 6) is -0.131. The highest BCUT2D eigenvalue weighted by molar-refractivity contribution is 5.93. The van der Waals surface area contributed by atoms with Gasteiger partial charge in [-0.3, -0.25) is 15.1 Å². The Bertz CT molecular complexity index is 1330. The first kappa shape index (κ1) is 26.1. The van der Waals surface area contributed by atoms with Gasteiger partial charge in [-0.25, -0.2) is 9.59 Å². The Labute approximate surface area is 215 Å². The van der Waals surface area contributed by atoms with Gasteiger partial charge in [0.15, 0.2) is 0 Å². The lowest BCUT2D eigenvalue weighted by Gasteiger charge is -2.34. The number of aryl methyl sites for hydroxylation is 1. The molecule has 10 nitrogen and oxygen atoms in total. The SMILES string of the molecule is Cc1c(NC(=O)OC(C)(C)C)ccc2nc(N3CCCC[C@H]3C(=O)NCCc3ccccn3)oc(=O)c12. The Balaban J connectivity index is 1.52. The van der Waals surface area contributed by atoms with Crippen LogP contribution in [0.5, 0.6) is 0 Å². The molecule has 1 saturated heterocycles. The molecule has 0 aliphatic carbocycles. The molecule has 3 aromatic rings. The van der Waals surface area contributed by atoms with Crippen molar-refractivity contribution in [3.05, 3.63) is 58.2 Å². The van der Waals surface area contributed by atoms with Crippen LogP contribution in [0.2, 0.25) is 0 Å². The van der Waals surface area contributed by atoms with E-state index in [4.69, 9.17) is 9.15 Å². The molecule has 37 heavy (non-hydrogen) atoms. The molecule has 4 rings (SSSR count). The van der Waals surface area contributed by atoms with Crippen LogP contribution in [0, 0.1) is 6.92 Å². The number of amides is 2. The van der Waals surface area contributed by atoms with Gasteiger partial charge in [-0.2, -0.15) is 4.98 Å². The minimum atomic E-state index is -0.653. The highest BCUT2D eigenvalue weighted by atomic mass is 16.6. The van der Waals surface area contributed by atoms with E-state index in [1.165, 1.54) is 0 Å². The van der Waals surface area contributed by atoms with Gasteiger partial charge in [-0.1, -0.05) is 6.07 Å². The summed E-state index contributed by atoms with van der Waals surface area (Å²) in [6, 6.07) is 8.65. The van der Waals surface area contributed by atoms with Crippen molar-refractivity contribution in [1.82, 2.24) is 15.3 Å². The normalized spacial score (nSPS) is 15.9. The summed E-state index contributed by atoms with van der Waals surface area (Å²) in [4.78, 5) is 49.0. The van der Waals surface area contributed by atoms with Crippen LogP contribution in [0.1, 0.15) is 51.3 Å². The number of benzene rings is 1. The molecule has 0 saturated carbocycles. The average molecular weight is 508 g/mol. The molecule has 2 amide bonds. The number of anilines is 2. The van der Waals surface area contributed by atoms with Crippen molar-refractivity contribution in [2.24, 2.45) is 0 Å². The molecule has 1 atom stereocenters. The zero-order chi connectivity index (χ0) is 26.6. The van der Waals surface area contributed by atoms with Crippen LogP contribution in [0.25, 0.3) is 10.9 Å². The Kier molecular flexibility index (Phi) is 7.75. The first-order valence-electron chi connectivity index (χ1n) is 12.5. The summed E-state index contributed by atoms with van der Waals surface area (Å²) in [5.41, 5.74) is 1.07. The molecular weight excluding hydrogens is 474 g/mol. The van der Waals surface area contributed by atoms with Crippen LogP contribution in [-0.2, 0) is 16.0 Å². The summed E-state index contributed by atoms with van der Waals surface area (Å²) in [6.45, 7) is 8.04. The summed E-state index contributed by atoms with van der Waals surface area (Å²) >= 11 is 0. The summed E-state index contributed by atoms with van der Waals surface area (Å²) in [5, 5.41) is 5.93. The van der Waals surface area contributed by atoms with Gasteiger partial charge >= 0.3 is 17.7 Å². The largest absolute Gasteiger partial charge is 0.444 e. The Morgan fingerprint density at radius 1 is 1.19 bits per heavy atom. The van der Waals surface area contributed by atoms with Crippen molar-refractivity contribution >= 4 is 34.6 Å². The fourth-order valence-electron chi connectivity index (χ4n) is 4.39. The number of rotatable bonds is 6. The van der Waals surface area contributed by atoms with Crippen LogP contribution in [0.4, 0.5) is 16.5 Å². The molecule has 1 aliphatic rings. The van der Waals surface area contributed by atoms with Crippen LogP contribution >= 0.6 is 0 Å². The second-order valence-electron chi connectivity index (χ2n) is 10.1. The van der Waals surface area contributed by atoms with Crippen LogP contribution in [0.15, 0.2) is 45.7 Å². The maximum Gasteiger partial charge on any atom is 0.412 e. The fraction of sp³-hybridized carbons (Fsp3) is 0.444. The van der Waals surface area contributed by atoms with Crippen molar-refractivity contribution in [3.8, 4) is 0 Å². The van der Waals surface area contributed by atoms with Crippen molar-refractivity contribution in [3.63, 3.8) is 0 Å². The lowest BCUT2D eigenvalue weighted by molar-refractivity contribution is -0.122. The van der Waals surface area contributed by atoms with Crippen molar-refractivity contribution in [2.75, 3.05) is 23.3 Å². The van der Waals surface area contributed by atoms with E-state index in [2.05, 4.69) is 20.6 Å². The van der Waals surface area contributed by atoms with Crippen LogP contribution in [-0.4, -0.2) is 46.7 Å². The molecule has 1 aromatic carbocycles. The number of pyridine rings is 1. The smallest absolute Gasteiger partial charge is 0.412 e. The molecule has 0 radical (unpaired) electrons. The van der Waals surface area contributed by atoms with Gasteiger partial charge in [0.2, 0.25) is 5.91 Å². The van der Waals surface area contributed by atoms with Gasteiger partial charge < -0.3 is 19.4 Å². The van der Waals surface area contributed by atoms with E-state index < -0.39 is 23.4 Å². The van der Waals surface area contributed by atoms with E-state index in [1.54, 1.807) is 50.9 Å². The van der Waals surface area contributed by atoms with E-state index in [9.17, 15) is 14.4 Å². The first-order chi connectivity index (χ1) is 17.6. The lowest BCUT2D eigenvalue weighted by atomic mass is 10.0. The first-order valence-corrected chi connectivity index (χ1v) is 12.5. The molecule has 1 fully saturated rings. The van der Waals surface area contributed by atoms with E-state index in [-0.39, 0.29) is 17.3 Å². The van der Waals surface area contributed by atoms with Gasteiger partial charge in [-0.05, 0) is 76.8 Å². The number of hydrogen-bond donors (Lipinski definition) is 2. The standard InChI is InChI=1S/C27H33N5O5/c1-17-19(31-26(35)37-27(2,3)4)11-12-20-22(17)24(34)36-25(30-20)32-16-8-6-10-21(32)23(33)29-15-13-18-9-5-7-14-28-18/h5,7,9,11-12,14,21H,6,8,10,13,15-16H2,1-4H3,(H,29,33)(H,31,35)/t21-/m0/s1. The second kappa shape index (κ2) is 11.0. The van der Waals surface area contributed by atoms with E-state index in [1.807, 2.05) is 18.2 Å². The highest BCUT2D eigenvalue weighted by Gasteiger charge is 2.32. The molecule has 2 N–H and O–H groups in total. The second-order valence-corrected chi connectivity index (χ2v) is 10.1. The van der Waals surface area contributed by atoms with E-state index >= 15 is 0 Å². The van der Waals surface area contributed by atoms with Gasteiger partial charge in [0, 0.05) is 37.1 Å². The zero-order valence-electron chi connectivity index (χ0n) is 21.7. The van der Waals surface area contributed by atoms with Gasteiger partial charge in [0.05, 0.1) is 10.9 Å². The third-order valence-corrected chi connectivity index (χ3v) is 6.14. The Morgan fingerprint density at radius 3 is 2.73 bits per heavy atom. The maximum atomic E-state index is 13.1. The number of carbonyl (C=O) groups is 2. The molecule has 2 aromatic heterocycles. The lowest BCUT2D eigenvalue weighted by Crippen LogP contribution is -2.50. The quantitative estimate of drug-likeness (QED) is 0.513. The number of nitrogens with one attached hydrogen (secondary N) is 2. The van der Waals surface area contributed by atoms with Crippen LogP contribution in [0.3, 0.4) is 0 Å². The number of piperidine rings is 1. The van der Waals surface area contributed by atoms with Gasteiger partial charge in [0.1, 0.15) is 11.6 Å². The molecule has 1 aliphatic heterocycles. The Morgan fingerprint density at radius 2 is 2.00 bits per heavy atom. The van der Waals surface area contributed by atoms with E-state index in [0.29, 0.717) is 42.7 Å². The summed E-state index contributed by atoms with van der Waals surface area (Å²) in [7, 11) is 0.